The van der Waals surface area contributed by atoms with Crippen LogP contribution in [-0.2, 0) is 4.74 Å². The van der Waals surface area contributed by atoms with E-state index in [1.54, 1.807) is 69.3 Å². The van der Waals surface area contributed by atoms with Crippen LogP contribution in [0.2, 0.25) is 5.02 Å². The highest BCUT2D eigenvalue weighted by Crippen LogP contribution is 2.26. The Morgan fingerprint density at radius 1 is 1.03 bits per heavy atom. The van der Waals surface area contributed by atoms with Crippen LogP contribution in [0, 0.1) is 0 Å². The van der Waals surface area contributed by atoms with Crippen molar-refractivity contribution >= 4 is 29.5 Å². The fourth-order valence-corrected chi connectivity index (χ4v) is 3.29. The molecule has 29 heavy (non-hydrogen) atoms. The van der Waals surface area contributed by atoms with E-state index in [9.17, 15) is 14.4 Å². The molecular weight excluding hydrogens is 392 g/mol. The first-order chi connectivity index (χ1) is 13.7. The smallest absolute Gasteiger partial charge is 0.408 e. The third-order valence-corrected chi connectivity index (χ3v) is 4.73. The van der Waals surface area contributed by atoms with Crippen molar-refractivity contribution in [2.24, 2.45) is 0 Å². The lowest BCUT2D eigenvalue weighted by atomic mass is 10.0. The Bertz CT molecular complexity index is 900. The lowest BCUT2D eigenvalue weighted by Crippen LogP contribution is -2.38. The number of carbonyl (C=O) groups excluding carboxylic acids is 3. The molecule has 0 aliphatic carbocycles. The summed E-state index contributed by atoms with van der Waals surface area (Å²) in [5.74, 6) is -0.643. The van der Waals surface area contributed by atoms with Gasteiger partial charge in [0.05, 0.1) is 17.2 Å². The van der Waals surface area contributed by atoms with E-state index < -0.39 is 17.7 Å². The molecule has 1 aliphatic rings. The van der Waals surface area contributed by atoms with Gasteiger partial charge in [0.2, 0.25) is 0 Å². The van der Waals surface area contributed by atoms with Crippen LogP contribution in [0.15, 0.2) is 48.5 Å². The first-order valence-corrected chi connectivity index (χ1v) is 9.74. The molecule has 1 aliphatic heterocycles. The lowest BCUT2D eigenvalue weighted by molar-refractivity contribution is 0.0498. The topological polar surface area (TPSA) is 75.7 Å². The Morgan fingerprint density at radius 3 is 2.10 bits per heavy atom. The van der Waals surface area contributed by atoms with Crippen LogP contribution in [0.1, 0.15) is 59.5 Å². The highest BCUT2D eigenvalue weighted by Gasteiger charge is 2.35. The molecule has 3 amide bonds. The minimum absolute atomic E-state index is 0.162. The molecule has 0 bridgehead atoms. The summed E-state index contributed by atoms with van der Waals surface area (Å²) in [5.41, 5.74) is 0.968. The molecule has 1 heterocycles. The van der Waals surface area contributed by atoms with Crippen molar-refractivity contribution in [3.63, 3.8) is 0 Å². The van der Waals surface area contributed by atoms with Gasteiger partial charge in [0.15, 0.2) is 0 Å². The van der Waals surface area contributed by atoms with Gasteiger partial charge in [-0.05, 0) is 57.0 Å². The van der Waals surface area contributed by atoms with Crippen LogP contribution in [0.25, 0.3) is 0 Å². The zero-order chi connectivity index (χ0) is 21.2. The number of alkyl carbamates (subject to hydrolysis) is 1. The summed E-state index contributed by atoms with van der Waals surface area (Å²) in [4.78, 5) is 38.7. The summed E-state index contributed by atoms with van der Waals surface area (Å²) in [6, 6.07) is 13.3. The van der Waals surface area contributed by atoms with Crippen LogP contribution in [0.4, 0.5) is 4.79 Å². The van der Waals surface area contributed by atoms with Crippen molar-refractivity contribution in [3.05, 3.63) is 70.2 Å². The van der Waals surface area contributed by atoms with Crippen molar-refractivity contribution in [3.8, 4) is 0 Å². The zero-order valence-corrected chi connectivity index (χ0v) is 17.3. The summed E-state index contributed by atoms with van der Waals surface area (Å²) in [5, 5.41) is 3.40. The number of hydrogen-bond acceptors (Lipinski definition) is 4. The summed E-state index contributed by atoms with van der Waals surface area (Å²) in [6.07, 6.45) is -0.230. The lowest BCUT2D eigenvalue weighted by Gasteiger charge is -2.25. The van der Waals surface area contributed by atoms with Crippen LogP contribution >= 0.6 is 11.6 Å². The van der Waals surface area contributed by atoms with Crippen molar-refractivity contribution in [1.82, 2.24) is 10.2 Å². The molecule has 2 aromatic carbocycles. The van der Waals surface area contributed by atoms with Gasteiger partial charge in [0.25, 0.3) is 11.8 Å². The average molecular weight is 415 g/mol. The van der Waals surface area contributed by atoms with E-state index in [1.807, 2.05) is 0 Å². The summed E-state index contributed by atoms with van der Waals surface area (Å²) in [7, 11) is 0. The highest BCUT2D eigenvalue weighted by atomic mass is 35.5. The van der Waals surface area contributed by atoms with Gasteiger partial charge in [0, 0.05) is 11.6 Å². The molecule has 0 saturated heterocycles. The molecule has 152 valence electrons. The fraction of sp³-hybridized carbons (Fsp3) is 0.318. The van der Waals surface area contributed by atoms with E-state index >= 15 is 0 Å². The molecule has 0 radical (unpaired) electrons. The van der Waals surface area contributed by atoms with E-state index in [2.05, 4.69) is 5.32 Å². The largest absolute Gasteiger partial charge is 0.444 e. The monoisotopic (exact) mass is 414 g/mol. The number of benzene rings is 2. The van der Waals surface area contributed by atoms with Crippen LogP contribution in [0.5, 0.6) is 0 Å². The number of imide groups is 1. The second kappa shape index (κ2) is 8.25. The third-order valence-electron chi connectivity index (χ3n) is 4.48. The third kappa shape index (κ3) is 4.95. The maximum absolute atomic E-state index is 12.6. The van der Waals surface area contributed by atoms with Gasteiger partial charge in [-0.15, -0.1) is 0 Å². The van der Waals surface area contributed by atoms with E-state index in [1.165, 1.54) is 4.90 Å². The summed E-state index contributed by atoms with van der Waals surface area (Å²) >= 11 is 5.97. The van der Waals surface area contributed by atoms with Gasteiger partial charge in [-0.1, -0.05) is 35.9 Å². The van der Waals surface area contributed by atoms with Crippen molar-refractivity contribution < 1.29 is 19.1 Å². The molecule has 2 aromatic rings. The molecule has 0 saturated carbocycles. The van der Waals surface area contributed by atoms with Crippen molar-refractivity contribution in [2.45, 2.75) is 38.8 Å². The minimum atomic E-state index is -0.642. The Kier molecular flexibility index (Phi) is 5.94. The number of fused-ring (bicyclic) bond motifs is 1. The molecule has 1 atom stereocenters. The van der Waals surface area contributed by atoms with Gasteiger partial charge in [0.1, 0.15) is 5.60 Å². The average Bonchev–Trinajstić information content (AvgIpc) is 2.89. The Morgan fingerprint density at radius 2 is 1.59 bits per heavy atom. The van der Waals surface area contributed by atoms with Crippen molar-refractivity contribution in [1.29, 1.82) is 0 Å². The van der Waals surface area contributed by atoms with E-state index in [0.29, 0.717) is 22.6 Å². The van der Waals surface area contributed by atoms with Crippen molar-refractivity contribution in [2.75, 3.05) is 6.54 Å². The van der Waals surface area contributed by atoms with Gasteiger partial charge >= 0.3 is 6.09 Å². The summed E-state index contributed by atoms with van der Waals surface area (Å²) in [6.45, 7) is 5.50. The molecule has 0 aromatic heterocycles. The standard InChI is InChI=1S/C22H23ClN2O4/c1-22(2,3)29-21(28)24-18(14-8-10-15(23)11-9-14)12-13-25-19(26)16-6-4-5-7-17(16)20(25)27/h4-11,18H,12-13H2,1-3H3,(H,24,28)/t18-/m1/s1. The molecule has 7 heteroatoms. The molecule has 6 nitrogen and oxygen atoms in total. The number of nitrogens with zero attached hydrogens (tertiary/aromatic N) is 1. The first-order valence-electron chi connectivity index (χ1n) is 9.36. The highest BCUT2D eigenvalue weighted by molar-refractivity contribution is 6.30. The molecular formula is C22H23ClN2O4. The summed E-state index contributed by atoms with van der Waals surface area (Å²) < 4.78 is 5.35. The Labute approximate surface area is 174 Å². The zero-order valence-electron chi connectivity index (χ0n) is 16.6. The number of halogens is 1. The van der Waals surface area contributed by atoms with Crippen LogP contribution < -0.4 is 5.32 Å². The van der Waals surface area contributed by atoms with Gasteiger partial charge in [-0.25, -0.2) is 4.79 Å². The van der Waals surface area contributed by atoms with Gasteiger partial charge in [-0.3, -0.25) is 14.5 Å². The van der Waals surface area contributed by atoms with Crippen LogP contribution in [0.3, 0.4) is 0 Å². The molecule has 0 spiro atoms. The number of hydrogen-bond donors (Lipinski definition) is 1. The second-order valence-electron chi connectivity index (χ2n) is 7.85. The van der Waals surface area contributed by atoms with E-state index in [-0.39, 0.29) is 18.4 Å². The predicted octanol–water partition coefficient (Wildman–Crippen LogP) is 4.59. The predicted molar refractivity (Wildman–Crippen MR) is 110 cm³/mol. The van der Waals surface area contributed by atoms with Gasteiger partial charge in [-0.2, -0.15) is 0 Å². The molecule has 0 unspecified atom stereocenters. The number of nitrogens with one attached hydrogen (secondary N) is 1. The fourth-order valence-electron chi connectivity index (χ4n) is 3.17. The first kappa shape index (κ1) is 20.9. The van der Waals surface area contributed by atoms with E-state index in [0.717, 1.165) is 5.56 Å². The van der Waals surface area contributed by atoms with Gasteiger partial charge < -0.3 is 10.1 Å². The quantitative estimate of drug-likeness (QED) is 0.726. The second-order valence-corrected chi connectivity index (χ2v) is 8.28. The van der Waals surface area contributed by atoms with E-state index in [4.69, 9.17) is 16.3 Å². The maximum Gasteiger partial charge on any atom is 0.408 e. The number of ether oxygens (including phenoxy) is 1. The van der Waals surface area contributed by atoms with Crippen LogP contribution in [-0.4, -0.2) is 35.0 Å². The normalized spacial score (nSPS) is 14.6. The number of amides is 3. The number of rotatable bonds is 5. The SMILES string of the molecule is CC(C)(C)OC(=O)N[C@H](CCN1C(=O)c2ccccc2C1=O)c1ccc(Cl)cc1. The minimum Gasteiger partial charge on any atom is -0.444 e. The Hall–Kier alpha value is -2.86. The number of carbonyl (C=O) groups is 3. The Balaban J connectivity index is 1.75. The molecule has 0 fully saturated rings. The molecule has 1 N–H and O–H groups in total. The molecule has 3 rings (SSSR count). The maximum atomic E-state index is 12.6.